The Bertz CT molecular complexity index is 1070. The standard InChI is InChI=1S/C27H30N4O/c1-21-8-13-26-27(28-21)31(19-18-29(26)2)23-14-16-30(17-15-23)20-22-9-11-25(12-10-22)32-24-6-4-3-5-7-24/h3-13,18-19,23H,14-17,20H2,1-2H3. The number of likely N-dealkylation sites (tertiary alicyclic amines) is 1. The highest BCUT2D eigenvalue weighted by Gasteiger charge is 2.28. The van der Waals surface area contributed by atoms with Crippen LogP contribution in [-0.4, -0.2) is 36.1 Å². The van der Waals surface area contributed by atoms with E-state index in [4.69, 9.17) is 9.72 Å². The number of hydrogen-bond acceptors (Lipinski definition) is 5. The maximum Gasteiger partial charge on any atom is 0.157 e. The van der Waals surface area contributed by atoms with Crippen LogP contribution in [0.4, 0.5) is 11.5 Å². The Balaban J connectivity index is 1.18. The van der Waals surface area contributed by atoms with Gasteiger partial charge < -0.3 is 14.5 Å². The minimum Gasteiger partial charge on any atom is -0.457 e. The Kier molecular flexibility index (Phi) is 5.82. The zero-order valence-electron chi connectivity index (χ0n) is 18.8. The van der Waals surface area contributed by atoms with Gasteiger partial charge in [-0.3, -0.25) is 4.90 Å². The van der Waals surface area contributed by atoms with E-state index in [1.807, 2.05) is 30.3 Å². The Labute approximate surface area is 190 Å². The average Bonchev–Trinajstić information content (AvgIpc) is 2.82. The molecular formula is C27H30N4O. The molecule has 5 heteroatoms. The largest absolute Gasteiger partial charge is 0.457 e. The molecule has 3 heterocycles. The van der Waals surface area contributed by atoms with E-state index in [0.717, 1.165) is 55.5 Å². The number of piperidine rings is 1. The summed E-state index contributed by atoms with van der Waals surface area (Å²) in [6.45, 7) is 5.23. The Hall–Kier alpha value is -3.31. The summed E-state index contributed by atoms with van der Waals surface area (Å²) in [4.78, 5) is 11.9. The van der Waals surface area contributed by atoms with Crippen molar-refractivity contribution >= 4 is 11.5 Å². The highest BCUT2D eigenvalue weighted by molar-refractivity contribution is 5.72. The molecule has 5 rings (SSSR count). The minimum absolute atomic E-state index is 0.492. The van der Waals surface area contributed by atoms with Gasteiger partial charge in [0.2, 0.25) is 0 Å². The first kappa shape index (κ1) is 20.6. The molecule has 0 N–H and O–H groups in total. The lowest BCUT2D eigenvalue weighted by Gasteiger charge is -2.40. The lowest BCUT2D eigenvalue weighted by molar-refractivity contribution is 0.204. The molecule has 2 aliphatic rings. The summed E-state index contributed by atoms with van der Waals surface area (Å²) in [5.41, 5.74) is 3.57. The van der Waals surface area contributed by atoms with Crippen molar-refractivity contribution in [3.63, 3.8) is 0 Å². The fourth-order valence-corrected chi connectivity index (χ4v) is 4.52. The fourth-order valence-electron chi connectivity index (χ4n) is 4.52. The van der Waals surface area contributed by atoms with Gasteiger partial charge in [0.15, 0.2) is 5.82 Å². The van der Waals surface area contributed by atoms with Gasteiger partial charge in [0.1, 0.15) is 11.5 Å². The number of para-hydroxylation sites is 1. The summed E-state index contributed by atoms with van der Waals surface area (Å²) in [6.07, 6.45) is 6.61. The second-order valence-corrected chi connectivity index (χ2v) is 8.68. The second-order valence-electron chi connectivity index (χ2n) is 8.68. The fraction of sp³-hybridized carbons (Fsp3) is 0.296. The molecule has 32 heavy (non-hydrogen) atoms. The van der Waals surface area contributed by atoms with Crippen LogP contribution in [0.2, 0.25) is 0 Å². The van der Waals surface area contributed by atoms with Gasteiger partial charge in [-0.1, -0.05) is 30.3 Å². The van der Waals surface area contributed by atoms with E-state index in [-0.39, 0.29) is 0 Å². The molecule has 0 saturated carbocycles. The van der Waals surface area contributed by atoms with Gasteiger partial charge in [-0.05, 0) is 61.7 Å². The number of ether oxygens (including phenoxy) is 1. The summed E-state index contributed by atoms with van der Waals surface area (Å²) in [5, 5.41) is 0. The van der Waals surface area contributed by atoms with Gasteiger partial charge in [-0.2, -0.15) is 0 Å². The van der Waals surface area contributed by atoms with Crippen LogP contribution in [0.3, 0.4) is 0 Å². The zero-order chi connectivity index (χ0) is 21.9. The van der Waals surface area contributed by atoms with E-state index in [2.05, 4.69) is 77.5 Å². The summed E-state index contributed by atoms with van der Waals surface area (Å²) in [6, 6.07) is 23.2. The van der Waals surface area contributed by atoms with Crippen molar-refractivity contribution in [2.45, 2.75) is 32.4 Å². The van der Waals surface area contributed by atoms with Gasteiger partial charge in [0, 0.05) is 50.8 Å². The summed E-state index contributed by atoms with van der Waals surface area (Å²) >= 11 is 0. The Morgan fingerprint density at radius 3 is 2.34 bits per heavy atom. The number of nitrogens with zero attached hydrogens (tertiary/aromatic N) is 4. The Morgan fingerprint density at radius 2 is 1.59 bits per heavy atom. The molecule has 5 nitrogen and oxygen atoms in total. The normalized spacial score (nSPS) is 16.8. The van der Waals surface area contributed by atoms with E-state index >= 15 is 0 Å². The van der Waals surface area contributed by atoms with Crippen molar-refractivity contribution in [1.29, 1.82) is 0 Å². The van der Waals surface area contributed by atoms with Crippen molar-refractivity contribution in [2.75, 3.05) is 29.9 Å². The van der Waals surface area contributed by atoms with Gasteiger partial charge in [-0.25, -0.2) is 4.98 Å². The van der Waals surface area contributed by atoms with Gasteiger partial charge in [0.05, 0.1) is 5.69 Å². The van der Waals surface area contributed by atoms with Crippen molar-refractivity contribution in [2.24, 2.45) is 0 Å². The molecule has 164 valence electrons. The van der Waals surface area contributed by atoms with Gasteiger partial charge in [-0.15, -0.1) is 0 Å². The highest BCUT2D eigenvalue weighted by Crippen LogP contribution is 2.34. The molecule has 3 aromatic rings. The van der Waals surface area contributed by atoms with Crippen LogP contribution in [0.1, 0.15) is 24.1 Å². The maximum absolute atomic E-state index is 5.91. The number of anilines is 2. The number of rotatable bonds is 5. The van der Waals surface area contributed by atoms with E-state index in [9.17, 15) is 0 Å². The zero-order valence-corrected chi connectivity index (χ0v) is 18.8. The van der Waals surface area contributed by atoms with Gasteiger partial charge >= 0.3 is 0 Å². The van der Waals surface area contributed by atoms with Crippen LogP contribution in [0.25, 0.3) is 0 Å². The molecule has 1 fully saturated rings. The number of hydrogen-bond donors (Lipinski definition) is 0. The van der Waals surface area contributed by atoms with Crippen molar-refractivity contribution < 1.29 is 4.74 Å². The Morgan fingerprint density at radius 1 is 0.875 bits per heavy atom. The molecule has 0 aliphatic carbocycles. The van der Waals surface area contributed by atoms with Crippen LogP contribution in [-0.2, 0) is 6.54 Å². The minimum atomic E-state index is 0.492. The maximum atomic E-state index is 5.91. The molecule has 0 bridgehead atoms. The lowest BCUT2D eigenvalue weighted by Crippen LogP contribution is -2.44. The number of pyridine rings is 1. The number of fused-ring (bicyclic) bond motifs is 1. The quantitative estimate of drug-likeness (QED) is 0.532. The van der Waals surface area contributed by atoms with Crippen molar-refractivity contribution in [3.05, 3.63) is 90.4 Å². The molecule has 2 aliphatic heterocycles. The predicted octanol–water partition coefficient (Wildman–Crippen LogP) is 5.57. The molecule has 0 radical (unpaired) electrons. The molecule has 1 saturated heterocycles. The molecule has 2 aromatic carbocycles. The monoisotopic (exact) mass is 426 g/mol. The molecule has 0 unspecified atom stereocenters. The molecular weight excluding hydrogens is 396 g/mol. The second kappa shape index (κ2) is 9.05. The predicted molar refractivity (Wildman–Crippen MR) is 130 cm³/mol. The SMILES string of the molecule is Cc1ccc2c(n1)N(C1CCN(Cc3ccc(Oc4ccccc4)cc3)CC1)C=CN2C. The average molecular weight is 427 g/mol. The molecule has 0 amide bonds. The summed E-state index contributed by atoms with van der Waals surface area (Å²) in [5.74, 6) is 2.83. The van der Waals surface area contributed by atoms with E-state index in [1.54, 1.807) is 0 Å². The van der Waals surface area contributed by atoms with Crippen LogP contribution in [0, 0.1) is 6.92 Å². The lowest BCUT2D eigenvalue weighted by atomic mass is 10.0. The van der Waals surface area contributed by atoms with Crippen molar-refractivity contribution in [3.8, 4) is 11.5 Å². The van der Waals surface area contributed by atoms with Crippen molar-refractivity contribution in [1.82, 2.24) is 9.88 Å². The third-order valence-corrected chi connectivity index (χ3v) is 6.33. The van der Waals surface area contributed by atoms with E-state index in [1.165, 1.54) is 11.3 Å². The van der Waals surface area contributed by atoms with Crippen LogP contribution < -0.4 is 14.5 Å². The van der Waals surface area contributed by atoms with Crippen LogP contribution in [0.5, 0.6) is 11.5 Å². The first-order valence-corrected chi connectivity index (χ1v) is 11.4. The molecule has 0 spiro atoms. The topological polar surface area (TPSA) is 31.8 Å². The number of aryl methyl sites for hydroxylation is 1. The third-order valence-electron chi connectivity index (χ3n) is 6.33. The molecule has 0 atom stereocenters. The van der Waals surface area contributed by atoms with E-state index < -0.39 is 0 Å². The first-order chi connectivity index (χ1) is 15.7. The molecule has 1 aromatic heterocycles. The van der Waals surface area contributed by atoms with Crippen LogP contribution in [0.15, 0.2) is 79.1 Å². The van der Waals surface area contributed by atoms with Gasteiger partial charge in [0.25, 0.3) is 0 Å². The first-order valence-electron chi connectivity index (χ1n) is 11.4. The van der Waals surface area contributed by atoms with Crippen LogP contribution >= 0.6 is 0 Å². The summed E-state index contributed by atoms with van der Waals surface area (Å²) < 4.78 is 5.91. The number of benzene rings is 2. The smallest absolute Gasteiger partial charge is 0.157 e. The number of aromatic nitrogens is 1. The highest BCUT2D eigenvalue weighted by atomic mass is 16.5. The summed E-state index contributed by atoms with van der Waals surface area (Å²) in [7, 11) is 2.09. The van der Waals surface area contributed by atoms with E-state index in [0.29, 0.717) is 6.04 Å². The third kappa shape index (κ3) is 4.48.